The van der Waals surface area contributed by atoms with Gasteiger partial charge >= 0.3 is 0 Å². The van der Waals surface area contributed by atoms with Crippen LogP contribution in [0.3, 0.4) is 0 Å². The molecule has 0 bridgehead atoms. The molecule has 1 aliphatic rings. The van der Waals surface area contributed by atoms with Gasteiger partial charge in [-0.05, 0) is 26.8 Å². The molecule has 136 valence electrons. The molecular formula is C18H26N4O3. The van der Waals surface area contributed by atoms with Crippen LogP contribution < -0.4 is 0 Å². The van der Waals surface area contributed by atoms with E-state index in [9.17, 15) is 4.79 Å². The van der Waals surface area contributed by atoms with Crippen LogP contribution in [0.4, 0.5) is 0 Å². The van der Waals surface area contributed by atoms with Gasteiger partial charge in [0.05, 0.1) is 19.1 Å². The number of H-pyrrole nitrogens is 1. The molecule has 0 radical (unpaired) electrons. The van der Waals surface area contributed by atoms with Crippen molar-refractivity contribution < 1.29 is 13.9 Å². The Bertz CT molecular complexity index is 749. The minimum absolute atomic E-state index is 0.0841. The zero-order valence-corrected chi connectivity index (χ0v) is 15.5. The van der Waals surface area contributed by atoms with Crippen molar-refractivity contribution >= 4 is 5.91 Å². The van der Waals surface area contributed by atoms with Crippen LogP contribution >= 0.6 is 0 Å². The smallest absolute Gasteiger partial charge is 0.230 e. The van der Waals surface area contributed by atoms with Crippen LogP contribution in [0.2, 0.25) is 0 Å². The normalized spacial score (nSPS) is 19.4. The average molecular weight is 346 g/mol. The maximum absolute atomic E-state index is 12.9. The highest BCUT2D eigenvalue weighted by Crippen LogP contribution is 2.27. The van der Waals surface area contributed by atoms with Crippen molar-refractivity contribution in [3.63, 3.8) is 0 Å². The number of ether oxygens (including phenoxy) is 1. The number of morpholine rings is 1. The predicted molar refractivity (Wildman–Crippen MR) is 92.3 cm³/mol. The molecule has 7 heteroatoms. The summed E-state index contributed by atoms with van der Waals surface area (Å²) in [5.41, 5.74) is 0.951. The number of aromatic amines is 1. The van der Waals surface area contributed by atoms with E-state index in [2.05, 4.69) is 15.2 Å². The fraction of sp³-hybridized carbons (Fsp3) is 0.611. The molecule has 3 heterocycles. The Labute approximate surface area is 147 Å². The standard InChI is InChI=1S/C18H26N4O3/c1-10(2)16-19-17(21-20-16)15-9-22(6-7-24-15)18(23)12(4)14-8-11(3)25-13(14)5/h8,10,12,15H,6-7,9H2,1-5H3,(H,19,20,21)/t12-,15+/m1/s1. The van der Waals surface area contributed by atoms with Gasteiger partial charge < -0.3 is 14.1 Å². The lowest BCUT2D eigenvalue weighted by atomic mass is 9.99. The van der Waals surface area contributed by atoms with Crippen molar-refractivity contribution in [1.82, 2.24) is 20.1 Å². The maximum atomic E-state index is 12.9. The number of amides is 1. The van der Waals surface area contributed by atoms with Gasteiger partial charge in [0.2, 0.25) is 5.91 Å². The molecule has 0 spiro atoms. The zero-order chi connectivity index (χ0) is 18.1. The molecule has 0 unspecified atom stereocenters. The van der Waals surface area contributed by atoms with Crippen LogP contribution in [-0.2, 0) is 9.53 Å². The van der Waals surface area contributed by atoms with Gasteiger partial charge in [0.1, 0.15) is 17.6 Å². The van der Waals surface area contributed by atoms with Gasteiger partial charge in [-0.25, -0.2) is 4.98 Å². The maximum Gasteiger partial charge on any atom is 0.230 e. The van der Waals surface area contributed by atoms with Gasteiger partial charge in [-0.15, -0.1) is 0 Å². The fourth-order valence-electron chi connectivity index (χ4n) is 3.19. The molecule has 1 fully saturated rings. The van der Waals surface area contributed by atoms with Crippen LogP contribution in [0.25, 0.3) is 0 Å². The SMILES string of the molecule is Cc1cc([C@@H](C)C(=O)N2CCO[C@H](c3nc(C(C)C)n[nH]3)C2)c(C)o1. The van der Waals surface area contributed by atoms with Crippen LogP contribution in [0.5, 0.6) is 0 Å². The number of furan rings is 1. The summed E-state index contributed by atoms with van der Waals surface area (Å²) >= 11 is 0. The van der Waals surface area contributed by atoms with Gasteiger partial charge in [0.15, 0.2) is 11.6 Å². The molecule has 7 nitrogen and oxygen atoms in total. The predicted octanol–water partition coefficient (Wildman–Crippen LogP) is 2.84. The third-order valence-electron chi connectivity index (χ3n) is 4.64. The summed E-state index contributed by atoms with van der Waals surface area (Å²) in [7, 11) is 0. The lowest BCUT2D eigenvalue weighted by molar-refractivity contribution is -0.140. The van der Waals surface area contributed by atoms with E-state index in [4.69, 9.17) is 9.15 Å². The van der Waals surface area contributed by atoms with Gasteiger partial charge in [0, 0.05) is 18.0 Å². The van der Waals surface area contributed by atoms with E-state index in [1.54, 1.807) is 0 Å². The van der Waals surface area contributed by atoms with Crippen molar-refractivity contribution in [3.8, 4) is 0 Å². The Balaban J connectivity index is 1.71. The second-order valence-corrected chi connectivity index (χ2v) is 6.97. The second kappa shape index (κ2) is 7.00. The number of carbonyl (C=O) groups is 1. The topological polar surface area (TPSA) is 84.3 Å². The van der Waals surface area contributed by atoms with Gasteiger partial charge in [-0.2, -0.15) is 5.10 Å². The number of hydrogen-bond acceptors (Lipinski definition) is 5. The van der Waals surface area contributed by atoms with E-state index in [0.717, 1.165) is 22.9 Å². The number of rotatable bonds is 4. The lowest BCUT2D eigenvalue weighted by Crippen LogP contribution is -2.44. The van der Waals surface area contributed by atoms with Gasteiger partial charge in [-0.1, -0.05) is 13.8 Å². The average Bonchev–Trinajstić information content (AvgIpc) is 3.20. The lowest BCUT2D eigenvalue weighted by Gasteiger charge is -2.33. The Morgan fingerprint density at radius 3 is 2.72 bits per heavy atom. The minimum atomic E-state index is -0.267. The quantitative estimate of drug-likeness (QED) is 0.920. The van der Waals surface area contributed by atoms with Crippen molar-refractivity contribution in [2.24, 2.45) is 0 Å². The number of carbonyl (C=O) groups excluding carboxylic acids is 1. The molecule has 1 N–H and O–H groups in total. The molecular weight excluding hydrogens is 320 g/mol. The van der Waals surface area contributed by atoms with E-state index >= 15 is 0 Å². The first kappa shape index (κ1) is 17.7. The number of hydrogen-bond donors (Lipinski definition) is 1. The molecule has 2 aromatic heterocycles. The first-order valence-corrected chi connectivity index (χ1v) is 8.76. The van der Waals surface area contributed by atoms with E-state index in [0.29, 0.717) is 25.5 Å². The minimum Gasteiger partial charge on any atom is -0.466 e. The first-order valence-electron chi connectivity index (χ1n) is 8.76. The van der Waals surface area contributed by atoms with Crippen LogP contribution in [-0.4, -0.2) is 45.7 Å². The molecule has 25 heavy (non-hydrogen) atoms. The molecule has 0 aromatic carbocycles. The van der Waals surface area contributed by atoms with E-state index in [-0.39, 0.29) is 23.8 Å². The van der Waals surface area contributed by atoms with Crippen molar-refractivity contribution in [2.75, 3.05) is 19.7 Å². The van der Waals surface area contributed by atoms with E-state index in [1.807, 2.05) is 45.6 Å². The largest absolute Gasteiger partial charge is 0.466 e. The van der Waals surface area contributed by atoms with Crippen molar-refractivity contribution in [1.29, 1.82) is 0 Å². The Kier molecular flexibility index (Phi) is 4.94. The summed E-state index contributed by atoms with van der Waals surface area (Å²) in [6, 6.07) is 1.95. The third kappa shape index (κ3) is 3.61. The Hall–Kier alpha value is -2.15. The second-order valence-electron chi connectivity index (χ2n) is 6.97. The molecule has 1 amide bonds. The number of nitrogens with zero attached hydrogens (tertiary/aromatic N) is 3. The van der Waals surface area contributed by atoms with Crippen LogP contribution in [0.15, 0.2) is 10.5 Å². The monoisotopic (exact) mass is 346 g/mol. The zero-order valence-electron chi connectivity index (χ0n) is 15.5. The Morgan fingerprint density at radius 2 is 2.12 bits per heavy atom. The fourth-order valence-corrected chi connectivity index (χ4v) is 3.19. The molecule has 1 saturated heterocycles. The molecule has 0 saturated carbocycles. The summed E-state index contributed by atoms with van der Waals surface area (Å²) in [6.07, 6.45) is -0.267. The van der Waals surface area contributed by atoms with Gasteiger partial charge in [0.25, 0.3) is 0 Å². The van der Waals surface area contributed by atoms with Crippen LogP contribution in [0.1, 0.15) is 67.4 Å². The van der Waals surface area contributed by atoms with E-state index < -0.39 is 0 Å². The third-order valence-corrected chi connectivity index (χ3v) is 4.64. The molecule has 1 aliphatic heterocycles. The number of aromatic nitrogens is 3. The number of nitrogens with one attached hydrogen (secondary N) is 1. The number of aryl methyl sites for hydroxylation is 2. The summed E-state index contributed by atoms with van der Waals surface area (Å²) in [4.78, 5) is 19.3. The van der Waals surface area contributed by atoms with E-state index in [1.165, 1.54) is 0 Å². The summed E-state index contributed by atoms with van der Waals surface area (Å²) in [5, 5.41) is 7.18. The molecule has 0 aliphatic carbocycles. The van der Waals surface area contributed by atoms with Crippen molar-refractivity contribution in [3.05, 3.63) is 34.8 Å². The summed E-state index contributed by atoms with van der Waals surface area (Å²) in [5.74, 6) is 3.18. The highest BCUT2D eigenvalue weighted by atomic mass is 16.5. The Morgan fingerprint density at radius 1 is 1.36 bits per heavy atom. The molecule has 2 atom stereocenters. The summed E-state index contributed by atoms with van der Waals surface area (Å²) < 4.78 is 11.4. The molecule has 3 rings (SSSR count). The molecule has 2 aromatic rings. The van der Waals surface area contributed by atoms with Crippen LogP contribution in [0, 0.1) is 13.8 Å². The first-order chi connectivity index (χ1) is 11.9. The van der Waals surface area contributed by atoms with Gasteiger partial charge in [-0.3, -0.25) is 9.89 Å². The highest BCUT2D eigenvalue weighted by Gasteiger charge is 2.31. The summed E-state index contributed by atoms with van der Waals surface area (Å²) in [6.45, 7) is 11.4. The highest BCUT2D eigenvalue weighted by molar-refractivity contribution is 5.83. The van der Waals surface area contributed by atoms with Crippen molar-refractivity contribution in [2.45, 2.75) is 52.6 Å².